The number of rotatable bonds is 2. The number of para-hydroxylation sites is 1. The van der Waals surface area contributed by atoms with Crippen molar-refractivity contribution < 1.29 is 34.2 Å². The lowest BCUT2D eigenvalue weighted by Gasteiger charge is -2.50. The number of imide groups is 2. The largest absolute Gasteiger partial charge is 0.504 e. The van der Waals surface area contributed by atoms with Gasteiger partial charge in [-0.25, -0.2) is 0 Å². The molecule has 3 fully saturated rings. The van der Waals surface area contributed by atoms with Gasteiger partial charge < -0.3 is 9.84 Å². The fraction of sp³-hybridized carbons (Fsp3) is 0.455. The number of alkyl halides is 2. The van der Waals surface area contributed by atoms with Crippen molar-refractivity contribution >= 4 is 46.8 Å². The highest BCUT2D eigenvalue weighted by atomic mass is 35.5. The van der Waals surface area contributed by atoms with Crippen molar-refractivity contribution in [3.63, 3.8) is 0 Å². The fourth-order valence-corrected chi connectivity index (χ4v) is 7.02. The van der Waals surface area contributed by atoms with E-state index in [0.29, 0.717) is 5.57 Å². The standard InChI is InChI=1S/C22H20Cl2N2O7/c1-25-19(30)21(23)8-12-9(6-7-10-14(12)18(29)26(32)17(10)28)15(22(21,24)20(25)31)11-4-3-5-13(33-2)16(11)27/h3-6,10,12,14-15,27,32H,7-8H2,1-2H3/t10-,12+,14-,15+,21+,22-/m0/s1. The molecule has 2 heterocycles. The number of halogens is 2. The molecule has 174 valence electrons. The van der Waals surface area contributed by atoms with E-state index in [0.717, 1.165) is 4.90 Å². The molecule has 5 rings (SSSR count). The van der Waals surface area contributed by atoms with Gasteiger partial charge in [0, 0.05) is 18.5 Å². The van der Waals surface area contributed by atoms with Crippen LogP contribution in [0.5, 0.6) is 11.5 Å². The number of hydrogen-bond donors (Lipinski definition) is 2. The van der Waals surface area contributed by atoms with Crippen molar-refractivity contribution in [2.24, 2.45) is 17.8 Å². The number of methoxy groups -OCH3 is 1. The lowest BCUT2D eigenvalue weighted by Crippen LogP contribution is -2.60. The Bertz CT molecular complexity index is 1170. The van der Waals surface area contributed by atoms with E-state index in [1.807, 2.05) is 0 Å². The SMILES string of the molecule is COc1cccc([C@H]2C3=CC[C@@H]4C(=O)N(O)C(=O)[C@@H]4[C@@H]3C[C@@]3(Cl)C(=O)N(C)C(=O)[C@@]23Cl)c1O. The van der Waals surface area contributed by atoms with E-state index in [9.17, 15) is 29.5 Å². The van der Waals surface area contributed by atoms with Gasteiger partial charge in [-0.3, -0.25) is 29.3 Å². The predicted molar refractivity (Wildman–Crippen MR) is 114 cm³/mol. The van der Waals surface area contributed by atoms with E-state index in [2.05, 4.69) is 0 Å². The summed E-state index contributed by atoms with van der Waals surface area (Å²) in [6, 6.07) is 4.68. The maximum absolute atomic E-state index is 13.4. The van der Waals surface area contributed by atoms with Crippen molar-refractivity contribution in [1.29, 1.82) is 0 Å². The van der Waals surface area contributed by atoms with E-state index in [-0.39, 0.29) is 35.0 Å². The van der Waals surface area contributed by atoms with Crippen LogP contribution in [0.1, 0.15) is 24.3 Å². The molecule has 6 atom stereocenters. The first kappa shape index (κ1) is 22.2. The molecule has 2 saturated heterocycles. The van der Waals surface area contributed by atoms with Crippen molar-refractivity contribution in [2.75, 3.05) is 14.2 Å². The number of ether oxygens (including phenoxy) is 1. The fourth-order valence-electron chi connectivity index (χ4n) is 6.01. The number of allylic oxidation sites excluding steroid dienone is 2. The second-order valence-corrected chi connectivity index (χ2v) is 10.1. The third kappa shape index (κ3) is 2.47. The van der Waals surface area contributed by atoms with Crippen LogP contribution >= 0.6 is 23.2 Å². The first-order chi connectivity index (χ1) is 15.5. The first-order valence-corrected chi connectivity index (χ1v) is 11.1. The number of nitrogens with zero attached hydrogens (tertiary/aromatic N) is 2. The van der Waals surface area contributed by atoms with Crippen LogP contribution in [-0.4, -0.2) is 67.8 Å². The quantitative estimate of drug-likeness (QED) is 0.277. The molecule has 2 aliphatic heterocycles. The Morgan fingerprint density at radius 2 is 1.79 bits per heavy atom. The van der Waals surface area contributed by atoms with Gasteiger partial charge in [-0.15, -0.1) is 23.2 Å². The molecule has 0 aromatic heterocycles. The number of phenols is 1. The van der Waals surface area contributed by atoms with E-state index in [1.54, 1.807) is 18.2 Å². The Morgan fingerprint density at radius 3 is 2.45 bits per heavy atom. The Morgan fingerprint density at radius 1 is 1.09 bits per heavy atom. The molecule has 11 heteroatoms. The molecule has 0 bridgehead atoms. The van der Waals surface area contributed by atoms with Gasteiger partial charge in [0.25, 0.3) is 23.6 Å². The summed E-state index contributed by atoms with van der Waals surface area (Å²) in [7, 11) is 2.65. The number of phenolic OH excluding ortho intramolecular Hbond substituents is 1. The van der Waals surface area contributed by atoms with E-state index >= 15 is 0 Å². The highest BCUT2D eigenvalue weighted by Gasteiger charge is 2.76. The number of amides is 4. The molecule has 4 amide bonds. The van der Waals surface area contributed by atoms with E-state index < -0.39 is 57.0 Å². The second kappa shape index (κ2) is 6.94. The summed E-state index contributed by atoms with van der Waals surface area (Å²) in [5, 5.41) is 21.1. The van der Waals surface area contributed by atoms with Crippen molar-refractivity contribution in [2.45, 2.75) is 28.5 Å². The highest BCUT2D eigenvalue weighted by molar-refractivity contribution is 6.53. The Balaban J connectivity index is 1.78. The smallest absolute Gasteiger partial charge is 0.257 e. The molecule has 1 aromatic carbocycles. The maximum Gasteiger partial charge on any atom is 0.257 e. The zero-order chi connectivity index (χ0) is 24.0. The number of hydrogen-bond acceptors (Lipinski definition) is 7. The molecule has 0 unspecified atom stereocenters. The van der Waals surface area contributed by atoms with Crippen molar-refractivity contribution in [3.8, 4) is 11.5 Å². The zero-order valence-electron chi connectivity index (χ0n) is 17.6. The van der Waals surface area contributed by atoms with Crippen LogP contribution in [0.4, 0.5) is 0 Å². The summed E-state index contributed by atoms with van der Waals surface area (Å²) in [4.78, 5) is 48.8. The minimum absolute atomic E-state index is 0.112. The maximum atomic E-state index is 13.4. The minimum Gasteiger partial charge on any atom is -0.504 e. The third-order valence-electron chi connectivity index (χ3n) is 7.55. The molecule has 33 heavy (non-hydrogen) atoms. The number of aromatic hydroxyl groups is 1. The number of benzene rings is 1. The molecule has 0 spiro atoms. The Kier molecular flexibility index (Phi) is 4.67. The number of hydroxylamine groups is 2. The molecule has 4 aliphatic rings. The van der Waals surface area contributed by atoms with Gasteiger partial charge in [0.1, 0.15) is 0 Å². The highest BCUT2D eigenvalue weighted by Crippen LogP contribution is 2.66. The van der Waals surface area contributed by atoms with Gasteiger partial charge in [0.15, 0.2) is 21.2 Å². The van der Waals surface area contributed by atoms with Crippen LogP contribution in [0.3, 0.4) is 0 Å². The van der Waals surface area contributed by atoms with Crippen LogP contribution in [0.15, 0.2) is 29.8 Å². The Hall–Kier alpha value is -2.62. The lowest BCUT2D eigenvalue weighted by molar-refractivity contribution is -0.173. The molecule has 2 aliphatic carbocycles. The molecular formula is C22H20Cl2N2O7. The Labute approximate surface area is 198 Å². The molecule has 0 radical (unpaired) electrons. The monoisotopic (exact) mass is 494 g/mol. The van der Waals surface area contributed by atoms with Gasteiger partial charge in [0.05, 0.1) is 18.9 Å². The molecule has 1 aromatic rings. The van der Waals surface area contributed by atoms with Crippen LogP contribution < -0.4 is 4.74 Å². The topological polar surface area (TPSA) is 124 Å². The third-order valence-corrected chi connectivity index (χ3v) is 8.97. The van der Waals surface area contributed by atoms with Crippen molar-refractivity contribution in [1.82, 2.24) is 9.96 Å². The first-order valence-electron chi connectivity index (χ1n) is 10.3. The second-order valence-electron chi connectivity index (χ2n) is 8.88. The van der Waals surface area contributed by atoms with Crippen LogP contribution in [-0.2, 0) is 19.2 Å². The number of carbonyl (C=O) groups is 4. The summed E-state index contributed by atoms with van der Waals surface area (Å²) >= 11 is 13.9. The molecular weight excluding hydrogens is 475 g/mol. The molecule has 9 nitrogen and oxygen atoms in total. The number of carbonyl (C=O) groups excluding carboxylic acids is 4. The lowest BCUT2D eigenvalue weighted by atomic mass is 9.56. The van der Waals surface area contributed by atoms with E-state index in [1.165, 1.54) is 20.2 Å². The normalized spacial score (nSPS) is 37.7. The predicted octanol–water partition coefficient (Wildman–Crippen LogP) is 1.78. The minimum atomic E-state index is -2.00. The van der Waals surface area contributed by atoms with Gasteiger partial charge in [-0.2, -0.15) is 5.06 Å². The van der Waals surface area contributed by atoms with Crippen LogP contribution in [0.2, 0.25) is 0 Å². The van der Waals surface area contributed by atoms with Crippen LogP contribution in [0, 0.1) is 17.8 Å². The summed E-state index contributed by atoms with van der Waals surface area (Å²) in [6.45, 7) is 0. The summed E-state index contributed by atoms with van der Waals surface area (Å²) in [5.74, 6) is -6.76. The summed E-state index contributed by atoms with van der Waals surface area (Å²) in [6.07, 6.45) is 1.64. The summed E-state index contributed by atoms with van der Waals surface area (Å²) in [5.41, 5.74) is 0.719. The number of likely N-dealkylation sites (tertiary alicyclic amines) is 1. The molecule has 1 saturated carbocycles. The van der Waals surface area contributed by atoms with Gasteiger partial charge in [0.2, 0.25) is 0 Å². The van der Waals surface area contributed by atoms with Gasteiger partial charge in [-0.05, 0) is 24.8 Å². The molecule has 2 N–H and O–H groups in total. The average molecular weight is 495 g/mol. The summed E-state index contributed by atoms with van der Waals surface area (Å²) < 4.78 is 5.22. The van der Waals surface area contributed by atoms with Gasteiger partial charge in [-0.1, -0.05) is 23.8 Å². The van der Waals surface area contributed by atoms with Crippen molar-refractivity contribution in [3.05, 3.63) is 35.4 Å². The number of fused-ring (bicyclic) bond motifs is 4. The van der Waals surface area contributed by atoms with E-state index in [4.69, 9.17) is 27.9 Å². The van der Waals surface area contributed by atoms with Crippen LogP contribution in [0.25, 0.3) is 0 Å². The zero-order valence-corrected chi connectivity index (χ0v) is 19.1. The average Bonchev–Trinajstić information content (AvgIpc) is 3.09. The van der Waals surface area contributed by atoms with Gasteiger partial charge >= 0.3 is 0 Å².